The van der Waals surface area contributed by atoms with E-state index in [1.165, 1.54) is 25.7 Å². The minimum Gasteiger partial charge on any atom is -0.372 e. The number of urea groups is 1. The third kappa shape index (κ3) is 3.86. The first-order valence-electron chi connectivity index (χ1n) is 8.80. The van der Waals surface area contributed by atoms with Gasteiger partial charge in [0.2, 0.25) is 0 Å². The first-order chi connectivity index (χ1) is 11.1. The number of carbonyl (C=O) groups excluding carboxylic acids is 1. The Morgan fingerprint density at radius 1 is 1.48 bits per heavy atom. The Morgan fingerprint density at radius 2 is 2.26 bits per heavy atom. The fourth-order valence-corrected chi connectivity index (χ4v) is 3.44. The maximum absolute atomic E-state index is 12.4. The highest BCUT2D eigenvalue weighted by Crippen LogP contribution is 2.28. The molecule has 1 aromatic rings. The molecule has 0 spiro atoms. The monoisotopic (exact) mass is 320 g/mol. The lowest BCUT2D eigenvalue weighted by Crippen LogP contribution is -2.54. The highest BCUT2D eigenvalue weighted by atomic mass is 16.5. The van der Waals surface area contributed by atoms with E-state index in [0.29, 0.717) is 32.3 Å². The Balaban J connectivity index is 1.50. The number of aromatic nitrogens is 2. The highest BCUT2D eigenvalue weighted by Gasteiger charge is 2.32. The van der Waals surface area contributed by atoms with Crippen molar-refractivity contribution < 1.29 is 9.53 Å². The fraction of sp³-hybridized carbons (Fsp3) is 0.765. The lowest BCUT2D eigenvalue weighted by molar-refractivity contribution is -0.0872. The Labute approximate surface area is 138 Å². The lowest BCUT2D eigenvalue weighted by Gasteiger charge is -2.39. The van der Waals surface area contributed by atoms with Crippen LogP contribution in [0.5, 0.6) is 0 Å². The standard InChI is InChI=1S/C17H28N4O2/c1-3-17(2)13-20(10-11-23-17)16(22)18-12-14-8-9-21(19-14)15-6-4-5-7-15/h8-9,15H,3-7,10-13H2,1-2H3,(H,18,22)/t17-/m0/s1. The van der Waals surface area contributed by atoms with Crippen molar-refractivity contribution in [3.05, 3.63) is 18.0 Å². The summed E-state index contributed by atoms with van der Waals surface area (Å²) in [6.07, 6.45) is 7.98. The van der Waals surface area contributed by atoms with Crippen molar-refractivity contribution in [2.45, 2.75) is 64.1 Å². The van der Waals surface area contributed by atoms with Gasteiger partial charge in [0.25, 0.3) is 0 Å². The van der Waals surface area contributed by atoms with Crippen molar-refractivity contribution in [3.8, 4) is 0 Å². The van der Waals surface area contributed by atoms with E-state index in [1.54, 1.807) is 0 Å². The van der Waals surface area contributed by atoms with E-state index in [0.717, 1.165) is 12.1 Å². The summed E-state index contributed by atoms with van der Waals surface area (Å²) in [5.41, 5.74) is 0.705. The number of ether oxygens (including phenoxy) is 1. The molecule has 0 unspecified atom stereocenters. The minimum absolute atomic E-state index is 0.0246. The molecule has 1 saturated carbocycles. The van der Waals surface area contributed by atoms with Crippen LogP contribution in [-0.2, 0) is 11.3 Å². The van der Waals surface area contributed by atoms with E-state index >= 15 is 0 Å². The molecule has 0 radical (unpaired) electrons. The van der Waals surface area contributed by atoms with Crippen molar-refractivity contribution in [1.29, 1.82) is 0 Å². The topological polar surface area (TPSA) is 59.4 Å². The molecule has 1 saturated heterocycles. The number of amides is 2. The number of hydrogen-bond donors (Lipinski definition) is 1. The number of morpholine rings is 1. The van der Waals surface area contributed by atoms with Crippen LogP contribution in [0.3, 0.4) is 0 Å². The summed E-state index contributed by atoms with van der Waals surface area (Å²) >= 11 is 0. The quantitative estimate of drug-likeness (QED) is 0.928. The number of nitrogens with zero attached hydrogens (tertiary/aromatic N) is 3. The molecule has 1 atom stereocenters. The fourth-order valence-electron chi connectivity index (χ4n) is 3.44. The van der Waals surface area contributed by atoms with Gasteiger partial charge in [-0.1, -0.05) is 19.8 Å². The summed E-state index contributed by atoms with van der Waals surface area (Å²) in [7, 11) is 0. The second kappa shape index (κ2) is 6.91. The van der Waals surface area contributed by atoms with Gasteiger partial charge in [-0.05, 0) is 32.3 Å². The Kier molecular flexibility index (Phi) is 4.90. The Morgan fingerprint density at radius 3 is 3.00 bits per heavy atom. The molecule has 1 aliphatic heterocycles. The summed E-state index contributed by atoms with van der Waals surface area (Å²) in [6, 6.07) is 2.53. The van der Waals surface area contributed by atoms with Crippen LogP contribution < -0.4 is 5.32 Å². The van der Waals surface area contributed by atoms with Gasteiger partial charge in [0, 0.05) is 12.7 Å². The van der Waals surface area contributed by atoms with E-state index in [4.69, 9.17) is 4.74 Å². The van der Waals surface area contributed by atoms with E-state index in [1.807, 2.05) is 17.2 Å². The molecule has 3 rings (SSSR count). The maximum atomic E-state index is 12.4. The van der Waals surface area contributed by atoms with Crippen LogP contribution in [-0.4, -0.2) is 46.0 Å². The van der Waals surface area contributed by atoms with Crippen molar-refractivity contribution in [2.24, 2.45) is 0 Å². The molecule has 2 aliphatic rings. The summed E-state index contributed by atoms with van der Waals surface area (Å²) in [4.78, 5) is 14.2. The largest absolute Gasteiger partial charge is 0.372 e. The Hall–Kier alpha value is -1.56. The van der Waals surface area contributed by atoms with Gasteiger partial charge in [-0.3, -0.25) is 4.68 Å². The van der Waals surface area contributed by atoms with Gasteiger partial charge in [0.1, 0.15) is 0 Å². The third-order valence-electron chi connectivity index (χ3n) is 5.16. The molecule has 2 amide bonds. The van der Waals surface area contributed by atoms with Crippen molar-refractivity contribution in [3.63, 3.8) is 0 Å². The number of nitrogens with one attached hydrogen (secondary N) is 1. The van der Waals surface area contributed by atoms with Gasteiger partial charge in [0.05, 0.1) is 37.0 Å². The van der Waals surface area contributed by atoms with Crippen LogP contribution in [0.25, 0.3) is 0 Å². The van der Waals surface area contributed by atoms with Crippen molar-refractivity contribution >= 4 is 6.03 Å². The summed E-state index contributed by atoms with van der Waals surface area (Å²) in [5.74, 6) is 0. The first-order valence-corrected chi connectivity index (χ1v) is 8.80. The molecular weight excluding hydrogens is 292 g/mol. The molecule has 2 heterocycles. The van der Waals surface area contributed by atoms with E-state index < -0.39 is 0 Å². The molecule has 6 nitrogen and oxygen atoms in total. The minimum atomic E-state index is -0.223. The van der Waals surface area contributed by atoms with Gasteiger partial charge in [-0.25, -0.2) is 4.79 Å². The second-order valence-electron chi connectivity index (χ2n) is 6.96. The maximum Gasteiger partial charge on any atom is 0.317 e. The van der Waals surface area contributed by atoms with Crippen LogP contribution in [0.15, 0.2) is 12.3 Å². The summed E-state index contributed by atoms with van der Waals surface area (Å²) in [5, 5.41) is 7.60. The molecule has 0 bridgehead atoms. The zero-order valence-electron chi connectivity index (χ0n) is 14.3. The summed E-state index contributed by atoms with van der Waals surface area (Å²) < 4.78 is 7.85. The normalized spacial score (nSPS) is 25.7. The molecule has 2 fully saturated rings. The van der Waals surface area contributed by atoms with Gasteiger partial charge in [0.15, 0.2) is 0 Å². The van der Waals surface area contributed by atoms with E-state index in [9.17, 15) is 4.79 Å². The number of carbonyl (C=O) groups is 1. The predicted molar refractivity (Wildman–Crippen MR) is 88.2 cm³/mol. The third-order valence-corrected chi connectivity index (χ3v) is 5.16. The van der Waals surface area contributed by atoms with Gasteiger partial charge >= 0.3 is 6.03 Å². The average Bonchev–Trinajstić information content (AvgIpc) is 3.23. The summed E-state index contributed by atoms with van der Waals surface area (Å²) in [6.45, 7) is 6.55. The molecule has 1 N–H and O–H groups in total. The van der Waals surface area contributed by atoms with Crippen LogP contribution in [0.1, 0.15) is 57.7 Å². The molecule has 128 valence electrons. The van der Waals surface area contributed by atoms with E-state index in [-0.39, 0.29) is 11.6 Å². The molecule has 1 aliphatic carbocycles. The molecule has 6 heteroatoms. The van der Waals surface area contributed by atoms with Gasteiger partial charge < -0.3 is 15.0 Å². The van der Waals surface area contributed by atoms with Crippen LogP contribution in [0.2, 0.25) is 0 Å². The zero-order chi connectivity index (χ0) is 16.3. The van der Waals surface area contributed by atoms with E-state index in [2.05, 4.69) is 28.9 Å². The predicted octanol–water partition coefficient (Wildman–Crippen LogP) is 2.71. The lowest BCUT2D eigenvalue weighted by atomic mass is 10.0. The van der Waals surface area contributed by atoms with Gasteiger partial charge in [-0.2, -0.15) is 5.10 Å². The molecule has 0 aromatic carbocycles. The SMILES string of the molecule is CC[C@@]1(C)CN(C(=O)NCc2ccn(C3CCCC3)n2)CCO1. The number of hydrogen-bond acceptors (Lipinski definition) is 3. The molecular formula is C17H28N4O2. The molecule has 1 aromatic heterocycles. The van der Waals surface area contributed by atoms with Gasteiger partial charge in [-0.15, -0.1) is 0 Å². The van der Waals surface area contributed by atoms with Crippen molar-refractivity contribution in [2.75, 3.05) is 19.7 Å². The van der Waals surface area contributed by atoms with Crippen LogP contribution >= 0.6 is 0 Å². The second-order valence-corrected chi connectivity index (χ2v) is 6.96. The smallest absolute Gasteiger partial charge is 0.317 e. The molecule has 23 heavy (non-hydrogen) atoms. The van der Waals surface area contributed by atoms with Crippen LogP contribution in [0.4, 0.5) is 4.79 Å². The first kappa shape index (κ1) is 16.3. The Bertz CT molecular complexity index is 538. The highest BCUT2D eigenvalue weighted by molar-refractivity contribution is 5.74. The van der Waals surface area contributed by atoms with Crippen LogP contribution in [0, 0.1) is 0 Å². The number of rotatable bonds is 4. The average molecular weight is 320 g/mol. The zero-order valence-corrected chi connectivity index (χ0v) is 14.3. The van der Waals surface area contributed by atoms with Crippen molar-refractivity contribution in [1.82, 2.24) is 20.0 Å².